The summed E-state index contributed by atoms with van der Waals surface area (Å²) in [6.45, 7) is 8.26. The molecule has 21 heteroatoms. The maximum absolute atomic E-state index is 14.0. The van der Waals surface area contributed by atoms with Gasteiger partial charge < -0.3 is 60.0 Å². The first kappa shape index (κ1) is 54.6. The number of aliphatic hydroxyl groups excluding tert-OH is 1. The van der Waals surface area contributed by atoms with Gasteiger partial charge in [0.1, 0.15) is 23.6 Å². The number of aromatic hydroxyl groups is 1. The fraction of sp³-hybridized carbons (Fsp3) is 0.434. The van der Waals surface area contributed by atoms with Crippen molar-refractivity contribution in [3.05, 3.63) is 106 Å². The van der Waals surface area contributed by atoms with E-state index >= 15 is 0 Å². The van der Waals surface area contributed by atoms with Crippen molar-refractivity contribution in [2.45, 2.75) is 84.2 Å². The number of rotatable bonds is 22. The van der Waals surface area contributed by atoms with Gasteiger partial charge in [0.05, 0.1) is 60.2 Å². The van der Waals surface area contributed by atoms with Gasteiger partial charge in [0.2, 0.25) is 17.7 Å². The molecule has 3 heterocycles. The van der Waals surface area contributed by atoms with Crippen molar-refractivity contribution in [3.8, 4) is 33.3 Å². The average molecular weight is 1040 g/mol. The Hall–Kier alpha value is -7.20. The molecule has 0 bridgehead atoms. The monoisotopic (exact) mass is 1040 g/mol. The molecule has 6 N–H and O–H groups in total. The van der Waals surface area contributed by atoms with Gasteiger partial charge in [-0.3, -0.25) is 28.8 Å². The first-order chi connectivity index (χ1) is 35.4. The van der Waals surface area contributed by atoms with Crippen LogP contribution in [-0.2, 0) is 41.6 Å². The number of carbonyl (C=O) groups excluding carboxylic acids is 6. The number of nitrogens with zero attached hydrogens (tertiary/aromatic N) is 4. The van der Waals surface area contributed by atoms with Gasteiger partial charge >= 0.3 is 0 Å². The van der Waals surface area contributed by atoms with Gasteiger partial charge in [0.15, 0.2) is 18.1 Å². The van der Waals surface area contributed by atoms with Gasteiger partial charge in [-0.1, -0.05) is 62.3 Å². The smallest absolute Gasteiger partial charge is 0.273 e. The highest BCUT2D eigenvalue weighted by molar-refractivity contribution is 7.13. The lowest BCUT2D eigenvalue weighted by molar-refractivity contribution is -0.144. The van der Waals surface area contributed by atoms with Gasteiger partial charge in [-0.05, 0) is 71.7 Å². The SMILES string of the molecule is Cc1ncsc1-c1ccc(CNC(=O)[C@@H]2C[C@@H](O)CN2C(=O)[C@@H](NC(=O)CCOCCOCCNC(=O)COc2ccc3c(c2)[C@H](NC(=O)c2cc(-c4ccc(C(=O)N(C)C)c(O)c4)on2)CC3)C(C)(C)C)cc1. The van der Waals surface area contributed by atoms with Crippen LogP contribution in [0.1, 0.15) is 89.3 Å². The highest BCUT2D eigenvalue weighted by Gasteiger charge is 2.44. The summed E-state index contributed by atoms with van der Waals surface area (Å²) in [5, 5.41) is 36.4. The van der Waals surface area contributed by atoms with Crippen LogP contribution in [0.15, 0.2) is 76.8 Å². The number of hydrogen-bond donors (Lipinski definition) is 6. The summed E-state index contributed by atoms with van der Waals surface area (Å²) in [5.41, 5.74) is 6.47. The number of likely N-dealkylation sites (tertiary alicyclic amines) is 1. The maximum atomic E-state index is 14.0. The van der Waals surface area contributed by atoms with Crippen molar-refractivity contribution in [2.24, 2.45) is 5.41 Å². The summed E-state index contributed by atoms with van der Waals surface area (Å²) in [7, 11) is 3.17. The van der Waals surface area contributed by atoms with Crippen LogP contribution in [0.4, 0.5) is 0 Å². The topological polar surface area (TPSA) is 264 Å². The zero-order chi connectivity index (χ0) is 53.1. The van der Waals surface area contributed by atoms with Crippen LogP contribution in [0.5, 0.6) is 11.5 Å². The Balaban J connectivity index is 0.765. The third kappa shape index (κ3) is 14.1. The van der Waals surface area contributed by atoms with Crippen LogP contribution >= 0.6 is 11.3 Å². The summed E-state index contributed by atoms with van der Waals surface area (Å²) < 4.78 is 22.3. The number of amides is 6. The van der Waals surface area contributed by atoms with E-state index in [0.717, 1.165) is 39.2 Å². The summed E-state index contributed by atoms with van der Waals surface area (Å²) >= 11 is 1.56. The van der Waals surface area contributed by atoms with Crippen molar-refractivity contribution < 1.29 is 57.7 Å². The molecule has 1 saturated heterocycles. The third-order valence-electron chi connectivity index (χ3n) is 12.7. The van der Waals surface area contributed by atoms with E-state index < -0.39 is 41.3 Å². The third-order valence-corrected chi connectivity index (χ3v) is 13.6. The van der Waals surface area contributed by atoms with Crippen LogP contribution in [0.3, 0.4) is 0 Å². The molecule has 1 aliphatic carbocycles. The number of ether oxygens (including phenoxy) is 3. The molecule has 0 radical (unpaired) electrons. The lowest BCUT2D eigenvalue weighted by Crippen LogP contribution is -2.57. The number of phenols is 1. The Bertz CT molecular complexity index is 2810. The van der Waals surface area contributed by atoms with Gasteiger partial charge in [-0.15, -0.1) is 11.3 Å². The molecule has 4 atom stereocenters. The first-order valence-electron chi connectivity index (χ1n) is 24.4. The minimum absolute atomic E-state index is 0.0277. The van der Waals surface area contributed by atoms with E-state index in [4.69, 9.17) is 18.7 Å². The number of aromatic nitrogens is 2. The van der Waals surface area contributed by atoms with Crippen molar-refractivity contribution >= 4 is 46.8 Å². The zero-order valence-electron chi connectivity index (χ0n) is 42.4. The first-order valence-corrected chi connectivity index (χ1v) is 25.3. The van der Waals surface area contributed by atoms with Crippen molar-refractivity contribution in [1.29, 1.82) is 0 Å². The minimum atomic E-state index is -0.969. The lowest BCUT2D eigenvalue weighted by Gasteiger charge is -2.35. The van der Waals surface area contributed by atoms with E-state index in [1.807, 2.05) is 58.0 Å². The molecule has 394 valence electrons. The number of nitrogens with one attached hydrogen (secondary N) is 4. The van der Waals surface area contributed by atoms with Gasteiger partial charge in [0.25, 0.3) is 17.7 Å². The number of β-amino-alcohol motifs (C(OH)–C–C–N with tert-alkyl or cyclic N) is 1. The predicted molar refractivity (Wildman–Crippen MR) is 273 cm³/mol. The van der Waals surface area contributed by atoms with Crippen molar-refractivity contribution in [3.63, 3.8) is 0 Å². The van der Waals surface area contributed by atoms with Crippen LogP contribution < -0.4 is 26.0 Å². The summed E-state index contributed by atoms with van der Waals surface area (Å²) in [5.74, 6) is -1.95. The second-order valence-electron chi connectivity index (χ2n) is 19.5. The standard InChI is InChI=1S/C53H64N8O12S/c1-31-47(74-30-56-31)34-9-7-32(8-10-34)27-55-50(67)42-24-36(62)28-61(42)52(69)48(53(2,3)4)58-45(64)17-19-70-21-22-71-20-18-54-46(65)29-72-37-14-11-33-13-16-40(39(33)25-37)57-49(66)41-26-44(73-59-41)35-12-15-38(43(63)23-35)51(68)60(5)6/h7-12,14-15,23,25-26,30,36,40,42,48,62-63H,13,16-22,24,27-29H2,1-6H3,(H,54,65)(H,55,67)(H,57,66)(H,58,64)/t36-,40-,42+,48-/m1/s1. The molecular formula is C53H64N8O12S. The van der Waals surface area contributed by atoms with Crippen LogP contribution in [-0.4, -0.2) is 144 Å². The molecule has 1 fully saturated rings. The molecule has 2 aliphatic rings. The summed E-state index contributed by atoms with van der Waals surface area (Å²) in [6, 6.07) is 17.0. The molecule has 7 rings (SSSR count). The molecule has 1 aliphatic heterocycles. The molecule has 5 aromatic rings. The Labute approximate surface area is 433 Å². The van der Waals surface area contributed by atoms with Crippen LogP contribution in [0, 0.1) is 12.3 Å². The molecule has 20 nitrogen and oxygen atoms in total. The number of phenolic OH excluding ortho intramolecular Hbond substituents is 1. The fourth-order valence-corrected chi connectivity index (χ4v) is 9.45. The van der Waals surface area contributed by atoms with Crippen LogP contribution in [0.25, 0.3) is 21.8 Å². The lowest BCUT2D eigenvalue weighted by atomic mass is 9.85. The molecular weight excluding hydrogens is 973 g/mol. The normalized spacial score (nSPS) is 16.5. The quantitative estimate of drug-likeness (QED) is 0.0528. The maximum Gasteiger partial charge on any atom is 0.273 e. The predicted octanol–water partition coefficient (Wildman–Crippen LogP) is 4.33. The largest absolute Gasteiger partial charge is 0.507 e. The number of aryl methyl sites for hydroxylation is 2. The number of fused-ring (bicyclic) bond motifs is 1. The molecule has 6 amide bonds. The van der Waals surface area contributed by atoms with Crippen molar-refractivity contribution in [2.75, 3.05) is 60.2 Å². The van der Waals surface area contributed by atoms with E-state index in [1.165, 1.54) is 28.0 Å². The summed E-state index contributed by atoms with van der Waals surface area (Å²) in [6.07, 6.45) is 0.540. The Morgan fingerprint density at radius 2 is 1.66 bits per heavy atom. The van der Waals surface area contributed by atoms with E-state index in [9.17, 15) is 39.0 Å². The van der Waals surface area contributed by atoms with Crippen LogP contribution in [0.2, 0.25) is 0 Å². The van der Waals surface area contributed by atoms with E-state index in [2.05, 4.69) is 31.4 Å². The number of carbonyl (C=O) groups is 6. The van der Waals surface area contributed by atoms with E-state index in [1.54, 1.807) is 49.1 Å². The second kappa shape index (κ2) is 24.7. The Morgan fingerprint density at radius 1 is 0.919 bits per heavy atom. The van der Waals surface area contributed by atoms with Gasteiger partial charge in [-0.2, -0.15) is 0 Å². The van der Waals surface area contributed by atoms with Crippen molar-refractivity contribution in [1.82, 2.24) is 41.2 Å². The second-order valence-corrected chi connectivity index (χ2v) is 20.3. The fourth-order valence-electron chi connectivity index (χ4n) is 8.64. The molecule has 0 unspecified atom stereocenters. The highest BCUT2D eigenvalue weighted by atomic mass is 32.1. The van der Waals surface area contributed by atoms with Gasteiger partial charge in [-0.25, -0.2) is 4.98 Å². The Kier molecular flexibility index (Phi) is 18.2. The molecule has 2 aromatic heterocycles. The average Bonchev–Trinajstić information content (AvgIpc) is 4.21. The molecule has 0 saturated carbocycles. The van der Waals surface area contributed by atoms with Gasteiger partial charge in [0, 0.05) is 58.2 Å². The zero-order valence-corrected chi connectivity index (χ0v) is 43.2. The number of benzene rings is 3. The Morgan fingerprint density at radius 3 is 2.36 bits per heavy atom. The van der Waals surface area contributed by atoms with E-state index in [-0.39, 0.29) is 112 Å². The number of aliphatic hydroxyl groups is 1. The highest BCUT2D eigenvalue weighted by Crippen LogP contribution is 2.35. The van der Waals surface area contributed by atoms with E-state index in [0.29, 0.717) is 17.7 Å². The number of thiazole rings is 1. The molecule has 3 aromatic carbocycles. The molecule has 74 heavy (non-hydrogen) atoms. The summed E-state index contributed by atoms with van der Waals surface area (Å²) in [4.78, 5) is 86.7. The molecule has 0 spiro atoms. The minimum Gasteiger partial charge on any atom is -0.507 e. The number of hydrogen-bond acceptors (Lipinski definition) is 15.